The van der Waals surface area contributed by atoms with Gasteiger partial charge < -0.3 is 14.8 Å². The second-order valence-corrected chi connectivity index (χ2v) is 7.89. The summed E-state index contributed by atoms with van der Waals surface area (Å²) in [5, 5.41) is 2.37. The highest BCUT2D eigenvalue weighted by molar-refractivity contribution is 5.95. The zero-order chi connectivity index (χ0) is 18.9. The van der Waals surface area contributed by atoms with Crippen molar-refractivity contribution < 1.29 is 23.9 Å². The molecule has 3 atom stereocenters. The molecule has 1 aromatic carbocycles. The van der Waals surface area contributed by atoms with E-state index in [1.54, 1.807) is 0 Å². The van der Waals surface area contributed by atoms with Crippen molar-refractivity contribution in [3.63, 3.8) is 0 Å². The molecule has 0 radical (unpaired) electrons. The van der Waals surface area contributed by atoms with E-state index < -0.39 is 23.6 Å². The Kier molecular flexibility index (Phi) is 4.78. The standard InChI is InChI=1S/C20H25NO5/c1-19(2)14-9-10-20(19,3)17(23)16(14)26-15(22)11-21-18(24)25-12-13-7-5-4-6-8-13/h4-8,14,16H,9-12H2,1-3H3,(H,21,24). The van der Waals surface area contributed by atoms with E-state index in [-0.39, 0.29) is 30.3 Å². The largest absolute Gasteiger partial charge is 0.453 e. The predicted molar refractivity (Wildman–Crippen MR) is 94.1 cm³/mol. The van der Waals surface area contributed by atoms with Crippen LogP contribution in [0.25, 0.3) is 0 Å². The molecule has 6 heteroatoms. The summed E-state index contributed by atoms with van der Waals surface area (Å²) in [6.45, 7) is 5.90. The molecule has 3 rings (SSSR count). The van der Waals surface area contributed by atoms with Gasteiger partial charge in [0.1, 0.15) is 13.2 Å². The molecule has 3 unspecified atom stereocenters. The van der Waals surface area contributed by atoms with E-state index in [4.69, 9.17) is 9.47 Å². The van der Waals surface area contributed by atoms with Gasteiger partial charge in [0.15, 0.2) is 11.9 Å². The average molecular weight is 359 g/mol. The lowest BCUT2D eigenvalue weighted by Crippen LogP contribution is -2.39. The summed E-state index contributed by atoms with van der Waals surface area (Å²) in [7, 11) is 0. The number of benzene rings is 1. The molecule has 1 aromatic rings. The topological polar surface area (TPSA) is 81.7 Å². The summed E-state index contributed by atoms with van der Waals surface area (Å²) in [5.74, 6) is -0.584. The predicted octanol–water partition coefficient (Wildman–Crippen LogP) is 2.85. The Morgan fingerprint density at radius 3 is 2.50 bits per heavy atom. The molecule has 1 amide bonds. The zero-order valence-electron chi connectivity index (χ0n) is 15.4. The van der Waals surface area contributed by atoms with Gasteiger partial charge in [0.05, 0.1) is 0 Å². The number of amides is 1. The van der Waals surface area contributed by atoms with Crippen LogP contribution in [0.2, 0.25) is 0 Å². The van der Waals surface area contributed by atoms with Crippen LogP contribution in [0.1, 0.15) is 39.2 Å². The molecule has 26 heavy (non-hydrogen) atoms. The van der Waals surface area contributed by atoms with Crippen molar-refractivity contribution >= 4 is 17.8 Å². The van der Waals surface area contributed by atoms with Crippen LogP contribution < -0.4 is 5.32 Å². The summed E-state index contributed by atoms with van der Waals surface area (Å²) < 4.78 is 10.5. The Morgan fingerprint density at radius 1 is 1.19 bits per heavy atom. The highest BCUT2D eigenvalue weighted by atomic mass is 16.6. The molecule has 2 aliphatic carbocycles. The maximum atomic E-state index is 12.6. The minimum absolute atomic E-state index is 0.00115. The number of ketones is 1. The van der Waals surface area contributed by atoms with E-state index in [2.05, 4.69) is 19.2 Å². The average Bonchev–Trinajstić information content (AvgIpc) is 2.93. The van der Waals surface area contributed by atoms with Crippen LogP contribution in [0.3, 0.4) is 0 Å². The number of hydrogen-bond donors (Lipinski definition) is 1. The Labute approximate surface area is 153 Å². The first kappa shape index (κ1) is 18.4. The Morgan fingerprint density at radius 2 is 1.88 bits per heavy atom. The fourth-order valence-electron chi connectivity index (χ4n) is 4.24. The van der Waals surface area contributed by atoms with Crippen LogP contribution in [0.15, 0.2) is 30.3 Å². The van der Waals surface area contributed by atoms with Crippen molar-refractivity contribution in [2.45, 2.75) is 46.3 Å². The second kappa shape index (κ2) is 6.74. The number of rotatable bonds is 5. The fraction of sp³-hybridized carbons (Fsp3) is 0.550. The van der Waals surface area contributed by atoms with Gasteiger partial charge in [-0.15, -0.1) is 0 Å². The van der Waals surface area contributed by atoms with Gasteiger partial charge in [-0.2, -0.15) is 0 Å². The highest BCUT2D eigenvalue weighted by Gasteiger charge is 2.67. The number of fused-ring (bicyclic) bond motifs is 2. The SMILES string of the molecule is CC12CCC(C(OC(=O)CNC(=O)OCc3ccccc3)C1=O)C2(C)C. The van der Waals surface area contributed by atoms with E-state index in [1.165, 1.54) is 0 Å². The lowest BCUT2D eigenvalue weighted by molar-refractivity contribution is -0.158. The molecule has 2 aliphatic rings. The molecular weight excluding hydrogens is 334 g/mol. The molecule has 6 nitrogen and oxygen atoms in total. The summed E-state index contributed by atoms with van der Waals surface area (Å²) in [6.07, 6.45) is 0.303. The number of alkyl carbamates (subject to hydrolysis) is 1. The van der Waals surface area contributed by atoms with Gasteiger partial charge in [0, 0.05) is 11.3 Å². The Balaban J connectivity index is 1.46. The first-order chi connectivity index (χ1) is 12.3. The van der Waals surface area contributed by atoms with Gasteiger partial charge in [-0.1, -0.05) is 51.1 Å². The number of ether oxygens (including phenoxy) is 2. The Bertz CT molecular complexity index is 714. The monoisotopic (exact) mass is 359 g/mol. The lowest BCUT2D eigenvalue weighted by atomic mass is 9.70. The van der Waals surface area contributed by atoms with Gasteiger partial charge in [-0.3, -0.25) is 9.59 Å². The molecular formula is C20H25NO5. The van der Waals surface area contributed by atoms with Crippen molar-refractivity contribution in [2.75, 3.05) is 6.54 Å². The van der Waals surface area contributed by atoms with Crippen molar-refractivity contribution in [3.8, 4) is 0 Å². The molecule has 0 saturated heterocycles. The molecule has 140 valence electrons. The third kappa shape index (κ3) is 3.08. The first-order valence-corrected chi connectivity index (χ1v) is 8.94. The number of carbonyl (C=O) groups excluding carboxylic acids is 3. The molecule has 0 aromatic heterocycles. The summed E-state index contributed by atoms with van der Waals surface area (Å²) in [4.78, 5) is 36.4. The number of hydrogen-bond acceptors (Lipinski definition) is 5. The minimum Gasteiger partial charge on any atom is -0.453 e. The highest BCUT2D eigenvalue weighted by Crippen LogP contribution is 2.64. The molecule has 2 bridgehead atoms. The van der Waals surface area contributed by atoms with Gasteiger partial charge in [-0.05, 0) is 23.8 Å². The van der Waals surface area contributed by atoms with Crippen molar-refractivity contribution in [1.29, 1.82) is 0 Å². The lowest BCUT2D eigenvalue weighted by Gasteiger charge is -2.31. The molecule has 0 spiro atoms. The third-order valence-corrected chi connectivity index (χ3v) is 6.32. The van der Waals surface area contributed by atoms with Crippen LogP contribution in [-0.4, -0.2) is 30.5 Å². The van der Waals surface area contributed by atoms with Gasteiger partial charge >= 0.3 is 12.1 Å². The van der Waals surface area contributed by atoms with E-state index in [9.17, 15) is 14.4 Å². The molecule has 1 N–H and O–H groups in total. The maximum Gasteiger partial charge on any atom is 0.407 e. The van der Waals surface area contributed by atoms with E-state index in [0.29, 0.717) is 0 Å². The minimum atomic E-state index is -0.710. The van der Waals surface area contributed by atoms with Crippen LogP contribution in [-0.2, 0) is 25.7 Å². The van der Waals surface area contributed by atoms with E-state index in [1.807, 2.05) is 37.3 Å². The molecule has 0 aliphatic heterocycles. The molecule has 2 saturated carbocycles. The maximum absolute atomic E-state index is 12.6. The van der Waals surface area contributed by atoms with E-state index >= 15 is 0 Å². The quantitative estimate of drug-likeness (QED) is 0.818. The summed E-state index contributed by atoms with van der Waals surface area (Å²) >= 11 is 0. The Hall–Kier alpha value is -2.37. The second-order valence-electron chi connectivity index (χ2n) is 7.89. The molecule has 0 heterocycles. The van der Waals surface area contributed by atoms with Crippen molar-refractivity contribution in [2.24, 2.45) is 16.7 Å². The van der Waals surface area contributed by atoms with Crippen LogP contribution >= 0.6 is 0 Å². The van der Waals surface area contributed by atoms with Gasteiger partial charge in [0.25, 0.3) is 0 Å². The number of nitrogens with one attached hydrogen (secondary N) is 1. The fourth-order valence-corrected chi connectivity index (χ4v) is 4.24. The van der Waals surface area contributed by atoms with Crippen molar-refractivity contribution in [3.05, 3.63) is 35.9 Å². The number of Topliss-reactive ketones (excluding diaryl/α,β-unsaturated/α-hetero) is 1. The number of carbonyl (C=O) groups is 3. The zero-order valence-corrected chi connectivity index (χ0v) is 15.4. The first-order valence-electron chi connectivity index (χ1n) is 8.94. The van der Waals surface area contributed by atoms with Crippen LogP contribution in [0.4, 0.5) is 4.79 Å². The van der Waals surface area contributed by atoms with Crippen molar-refractivity contribution in [1.82, 2.24) is 5.32 Å². The van der Waals surface area contributed by atoms with Crippen LogP contribution in [0, 0.1) is 16.7 Å². The smallest absolute Gasteiger partial charge is 0.407 e. The van der Waals surface area contributed by atoms with E-state index in [0.717, 1.165) is 18.4 Å². The van der Waals surface area contributed by atoms with Crippen LogP contribution in [0.5, 0.6) is 0 Å². The summed E-state index contributed by atoms with van der Waals surface area (Å²) in [5.41, 5.74) is 0.232. The van der Waals surface area contributed by atoms with Gasteiger partial charge in [-0.25, -0.2) is 4.79 Å². The number of esters is 1. The van der Waals surface area contributed by atoms with Gasteiger partial charge in [0.2, 0.25) is 0 Å². The molecule has 2 fully saturated rings. The summed E-state index contributed by atoms with van der Waals surface area (Å²) in [6, 6.07) is 9.25. The normalized spacial score (nSPS) is 28.7. The third-order valence-electron chi connectivity index (χ3n) is 6.32.